The molecule has 1 atom stereocenters. The molecule has 2 amide bonds. The van der Waals surface area contributed by atoms with Gasteiger partial charge in [0.15, 0.2) is 0 Å². The SMILES string of the molecule is CC(C)[C@@H](O)CNC(=O)NCc1cc(Cl)cc2c1OCC2. The van der Waals surface area contributed by atoms with E-state index in [-0.39, 0.29) is 18.5 Å². The number of ether oxygens (including phenoxy) is 1. The Kier molecular flexibility index (Phi) is 5.31. The molecule has 1 heterocycles. The molecule has 0 saturated carbocycles. The largest absolute Gasteiger partial charge is 0.493 e. The summed E-state index contributed by atoms with van der Waals surface area (Å²) in [5, 5.41) is 15.7. The molecule has 1 aromatic rings. The molecular formula is C15H21ClN2O3. The van der Waals surface area contributed by atoms with Crippen LogP contribution in [0.2, 0.25) is 5.02 Å². The lowest BCUT2D eigenvalue weighted by Crippen LogP contribution is -2.40. The maximum absolute atomic E-state index is 11.7. The van der Waals surface area contributed by atoms with Crippen LogP contribution in [0.15, 0.2) is 12.1 Å². The number of halogens is 1. The summed E-state index contributed by atoms with van der Waals surface area (Å²) in [5.41, 5.74) is 1.95. The number of aliphatic hydroxyl groups is 1. The van der Waals surface area contributed by atoms with Crippen molar-refractivity contribution in [2.24, 2.45) is 5.92 Å². The first-order valence-corrected chi connectivity index (χ1v) is 7.49. The zero-order valence-electron chi connectivity index (χ0n) is 12.3. The zero-order valence-corrected chi connectivity index (χ0v) is 13.0. The van der Waals surface area contributed by atoms with E-state index in [4.69, 9.17) is 16.3 Å². The fourth-order valence-electron chi connectivity index (χ4n) is 2.15. The normalized spacial score (nSPS) is 14.5. The molecule has 0 unspecified atom stereocenters. The van der Waals surface area contributed by atoms with Crippen molar-refractivity contribution < 1.29 is 14.6 Å². The van der Waals surface area contributed by atoms with Gasteiger partial charge in [-0.15, -0.1) is 0 Å². The number of carbonyl (C=O) groups is 1. The lowest BCUT2D eigenvalue weighted by Gasteiger charge is -2.16. The van der Waals surface area contributed by atoms with Gasteiger partial charge in [-0.05, 0) is 23.6 Å². The molecule has 2 rings (SSSR count). The van der Waals surface area contributed by atoms with Crippen LogP contribution >= 0.6 is 11.6 Å². The molecule has 3 N–H and O–H groups in total. The van der Waals surface area contributed by atoms with E-state index in [1.165, 1.54) is 0 Å². The van der Waals surface area contributed by atoms with E-state index in [0.29, 0.717) is 18.2 Å². The summed E-state index contributed by atoms with van der Waals surface area (Å²) in [7, 11) is 0. The minimum absolute atomic E-state index is 0.106. The van der Waals surface area contributed by atoms with Crippen LogP contribution in [0.3, 0.4) is 0 Å². The highest BCUT2D eigenvalue weighted by Crippen LogP contribution is 2.32. The minimum Gasteiger partial charge on any atom is -0.493 e. The first kappa shape index (κ1) is 15.9. The summed E-state index contributed by atoms with van der Waals surface area (Å²) < 4.78 is 5.58. The molecule has 116 valence electrons. The molecule has 0 spiro atoms. The van der Waals surface area contributed by atoms with Crippen molar-refractivity contribution in [3.8, 4) is 5.75 Å². The van der Waals surface area contributed by atoms with E-state index in [1.807, 2.05) is 19.9 Å². The standard InChI is InChI=1S/C15H21ClN2O3/c1-9(2)13(19)8-18-15(20)17-7-11-6-12(16)5-10-3-4-21-14(10)11/h5-6,9,13,19H,3-4,7-8H2,1-2H3,(H2,17,18,20)/t13-/m0/s1. The predicted octanol–water partition coefficient (Wildman–Crippen LogP) is 2.09. The molecule has 1 aromatic carbocycles. The van der Waals surface area contributed by atoms with Gasteiger partial charge >= 0.3 is 6.03 Å². The second-order valence-corrected chi connectivity index (χ2v) is 5.96. The molecular weight excluding hydrogens is 292 g/mol. The number of fused-ring (bicyclic) bond motifs is 1. The highest BCUT2D eigenvalue weighted by molar-refractivity contribution is 6.30. The number of hydrogen-bond acceptors (Lipinski definition) is 3. The quantitative estimate of drug-likeness (QED) is 0.779. The number of hydrogen-bond donors (Lipinski definition) is 3. The minimum atomic E-state index is -0.547. The van der Waals surface area contributed by atoms with Crippen molar-refractivity contribution in [2.75, 3.05) is 13.2 Å². The smallest absolute Gasteiger partial charge is 0.315 e. The van der Waals surface area contributed by atoms with E-state index in [2.05, 4.69) is 10.6 Å². The van der Waals surface area contributed by atoms with Crippen molar-refractivity contribution in [1.29, 1.82) is 0 Å². The van der Waals surface area contributed by atoms with Gasteiger partial charge in [-0.1, -0.05) is 25.4 Å². The van der Waals surface area contributed by atoms with E-state index in [9.17, 15) is 9.90 Å². The Morgan fingerprint density at radius 2 is 2.19 bits per heavy atom. The van der Waals surface area contributed by atoms with Crippen LogP contribution in [-0.2, 0) is 13.0 Å². The van der Waals surface area contributed by atoms with Gasteiger partial charge in [0.2, 0.25) is 0 Å². The number of benzene rings is 1. The van der Waals surface area contributed by atoms with Gasteiger partial charge in [-0.2, -0.15) is 0 Å². The van der Waals surface area contributed by atoms with Crippen molar-refractivity contribution in [3.63, 3.8) is 0 Å². The summed E-state index contributed by atoms with van der Waals surface area (Å²) in [5.74, 6) is 0.928. The highest BCUT2D eigenvalue weighted by Gasteiger charge is 2.18. The van der Waals surface area contributed by atoms with Crippen molar-refractivity contribution >= 4 is 17.6 Å². The molecule has 0 bridgehead atoms. The molecule has 0 aromatic heterocycles. The van der Waals surface area contributed by atoms with Gasteiger partial charge in [0, 0.05) is 30.1 Å². The van der Waals surface area contributed by atoms with Gasteiger partial charge in [0.1, 0.15) is 5.75 Å². The Bertz CT molecular complexity index is 520. The number of amides is 2. The van der Waals surface area contributed by atoms with Gasteiger partial charge in [0.25, 0.3) is 0 Å². The summed E-state index contributed by atoms with van der Waals surface area (Å²) >= 11 is 6.06. The third-order valence-electron chi connectivity index (χ3n) is 3.51. The Hall–Kier alpha value is -1.46. The highest BCUT2D eigenvalue weighted by atomic mass is 35.5. The molecule has 0 radical (unpaired) electrons. The van der Waals surface area contributed by atoms with Crippen LogP contribution < -0.4 is 15.4 Å². The predicted molar refractivity (Wildman–Crippen MR) is 81.7 cm³/mol. The Balaban J connectivity index is 1.87. The van der Waals surface area contributed by atoms with Gasteiger partial charge in [-0.3, -0.25) is 0 Å². The molecule has 5 nitrogen and oxygen atoms in total. The number of aliphatic hydroxyl groups excluding tert-OH is 1. The van der Waals surface area contributed by atoms with E-state index in [0.717, 1.165) is 23.3 Å². The van der Waals surface area contributed by atoms with E-state index >= 15 is 0 Å². The van der Waals surface area contributed by atoms with Crippen molar-refractivity contribution in [1.82, 2.24) is 10.6 Å². The van der Waals surface area contributed by atoms with E-state index in [1.54, 1.807) is 6.07 Å². The second-order valence-electron chi connectivity index (χ2n) is 5.53. The van der Waals surface area contributed by atoms with E-state index < -0.39 is 6.10 Å². The van der Waals surface area contributed by atoms with Gasteiger partial charge < -0.3 is 20.5 Å². The fourth-order valence-corrected chi connectivity index (χ4v) is 2.41. The number of urea groups is 1. The first-order chi connectivity index (χ1) is 9.97. The van der Waals surface area contributed by atoms with Crippen LogP contribution in [0.4, 0.5) is 4.79 Å². The Labute approximate surface area is 129 Å². The monoisotopic (exact) mass is 312 g/mol. The fraction of sp³-hybridized carbons (Fsp3) is 0.533. The maximum Gasteiger partial charge on any atom is 0.315 e. The summed E-state index contributed by atoms with van der Waals surface area (Å²) in [6, 6.07) is 3.38. The lowest BCUT2D eigenvalue weighted by molar-refractivity contribution is 0.125. The summed E-state index contributed by atoms with van der Waals surface area (Å²) in [4.78, 5) is 11.7. The Morgan fingerprint density at radius 3 is 2.90 bits per heavy atom. The van der Waals surface area contributed by atoms with Gasteiger partial charge in [0.05, 0.1) is 12.7 Å². The molecule has 0 aliphatic carbocycles. The van der Waals surface area contributed by atoms with Crippen LogP contribution in [0.5, 0.6) is 5.75 Å². The average molecular weight is 313 g/mol. The molecule has 21 heavy (non-hydrogen) atoms. The van der Waals surface area contributed by atoms with Gasteiger partial charge in [-0.25, -0.2) is 4.79 Å². The summed E-state index contributed by atoms with van der Waals surface area (Å²) in [6.45, 7) is 5.02. The van der Waals surface area contributed by atoms with Crippen LogP contribution in [0, 0.1) is 5.92 Å². The second kappa shape index (κ2) is 7.00. The maximum atomic E-state index is 11.7. The third-order valence-corrected chi connectivity index (χ3v) is 3.72. The molecule has 0 fully saturated rings. The van der Waals surface area contributed by atoms with Crippen LogP contribution in [0.1, 0.15) is 25.0 Å². The third kappa shape index (κ3) is 4.25. The van der Waals surface area contributed by atoms with Crippen molar-refractivity contribution in [3.05, 3.63) is 28.3 Å². The Morgan fingerprint density at radius 1 is 1.43 bits per heavy atom. The number of nitrogens with one attached hydrogen (secondary N) is 2. The first-order valence-electron chi connectivity index (χ1n) is 7.11. The molecule has 6 heteroatoms. The lowest BCUT2D eigenvalue weighted by atomic mass is 10.1. The van der Waals surface area contributed by atoms with Crippen LogP contribution in [0.25, 0.3) is 0 Å². The topological polar surface area (TPSA) is 70.6 Å². The van der Waals surface area contributed by atoms with Crippen molar-refractivity contribution in [2.45, 2.75) is 32.9 Å². The van der Waals surface area contributed by atoms with Crippen LogP contribution in [-0.4, -0.2) is 30.4 Å². The average Bonchev–Trinajstić information content (AvgIpc) is 2.89. The summed E-state index contributed by atoms with van der Waals surface area (Å²) in [6.07, 6.45) is 0.296. The number of carbonyl (C=O) groups excluding carboxylic acids is 1. The number of rotatable bonds is 5. The molecule has 1 aliphatic rings. The zero-order chi connectivity index (χ0) is 15.4. The molecule has 0 saturated heterocycles. The molecule has 1 aliphatic heterocycles.